The number of ether oxygens (including phenoxy) is 1. The molecule has 0 saturated heterocycles. The summed E-state index contributed by atoms with van der Waals surface area (Å²) in [6.45, 7) is 2.01. The Morgan fingerprint density at radius 2 is 1.90 bits per heavy atom. The fourth-order valence-electron chi connectivity index (χ4n) is 2.70. The molecule has 0 bridgehead atoms. The van der Waals surface area contributed by atoms with E-state index in [0.29, 0.717) is 6.42 Å². The molecule has 0 aliphatic rings. The van der Waals surface area contributed by atoms with E-state index in [2.05, 4.69) is 20.6 Å². The van der Waals surface area contributed by atoms with Crippen molar-refractivity contribution in [2.75, 3.05) is 18.2 Å². The number of carbonyl (C=O) groups is 1. The summed E-state index contributed by atoms with van der Waals surface area (Å²) in [7, 11) is 1.65. The molecular formula is C20H19N5O2S2. The molecule has 2 heterocycles. The number of methoxy groups -OCH3 is 1. The number of hydrogen-bond donors (Lipinski definition) is 1. The van der Waals surface area contributed by atoms with Gasteiger partial charge in [-0.05, 0) is 36.8 Å². The van der Waals surface area contributed by atoms with Gasteiger partial charge in [0, 0.05) is 12.1 Å². The van der Waals surface area contributed by atoms with E-state index in [0.717, 1.165) is 37.7 Å². The van der Waals surface area contributed by atoms with Crippen molar-refractivity contribution >= 4 is 39.7 Å². The highest BCUT2D eigenvalue weighted by molar-refractivity contribution is 8.01. The molecule has 0 aliphatic heterocycles. The van der Waals surface area contributed by atoms with E-state index >= 15 is 0 Å². The Morgan fingerprint density at radius 1 is 1.14 bits per heavy atom. The van der Waals surface area contributed by atoms with Gasteiger partial charge < -0.3 is 10.1 Å². The summed E-state index contributed by atoms with van der Waals surface area (Å²) in [5, 5.41) is 15.9. The summed E-state index contributed by atoms with van der Waals surface area (Å²) >= 11 is 2.82. The quantitative estimate of drug-likeness (QED) is 0.453. The third-order valence-electron chi connectivity index (χ3n) is 4.22. The molecule has 9 heteroatoms. The highest BCUT2D eigenvalue weighted by atomic mass is 32.2. The average molecular weight is 426 g/mol. The van der Waals surface area contributed by atoms with Crippen molar-refractivity contribution in [1.82, 2.24) is 19.8 Å². The molecule has 0 atom stereocenters. The summed E-state index contributed by atoms with van der Waals surface area (Å²) in [6, 6.07) is 15.6. The SMILES string of the molecule is COc1ccc(Cc2nnc3sc(SCC(=O)Nc4ccc(C)cc4)nn23)cc1. The molecule has 148 valence electrons. The highest BCUT2D eigenvalue weighted by Crippen LogP contribution is 2.25. The number of fused-ring (bicyclic) bond motifs is 1. The zero-order valence-electron chi connectivity index (χ0n) is 16.0. The minimum Gasteiger partial charge on any atom is -0.497 e. The monoisotopic (exact) mass is 425 g/mol. The number of rotatable bonds is 7. The molecule has 29 heavy (non-hydrogen) atoms. The number of thioether (sulfide) groups is 1. The van der Waals surface area contributed by atoms with Crippen LogP contribution in [0.2, 0.25) is 0 Å². The van der Waals surface area contributed by atoms with Gasteiger partial charge in [-0.25, -0.2) is 0 Å². The van der Waals surface area contributed by atoms with Crippen LogP contribution < -0.4 is 10.1 Å². The van der Waals surface area contributed by atoms with Gasteiger partial charge in [0.05, 0.1) is 12.9 Å². The van der Waals surface area contributed by atoms with Gasteiger partial charge in [0.15, 0.2) is 10.2 Å². The first-order chi connectivity index (χ1) is 14.1. The molecule has 2 aromatic carbocycles. The standard InChI is InChI=1S/C20H19N5O2S2/c1-13-3-7-15(8-4-13)21-18(26)12-28-20-24-25-17(22-23-19(25)29-20)11-14-5-9-16(27-2)10-6-14/h3-10H,11-12H2,1-2H3,(H,21,26). The first-order valence-electron chi connectivity index (χ1n) is 8.94. The van der Waals surface area contributed by atoms with E-state index in [-0.39, 0.29) is 11.7 Å². The maximum Gasteiger partial charge on any atom is 0.235 e. The Morgan fingerprint density at radius 3 is 2.62 bits per heavy atom. The smallest absolute Gasteiger partial charge is 0.235 e. The topological polar surface area (TPSA) is 81.4 Å². The fourth-order valence-corrected chi connectivity index (χ4v) is 4.39. The maximum absolute atomic E-state index is 12.2. The van der Waals surface area contributed by atoms with Crippen LogP contribution in [-0.4, -0.2) is 38.6 Å². The van der Waals surface area contributed by atoms with Crippen LogP contribution in [0.1, 0.15) is 17.0 Å². The zero-order valence-corrected chi connectivity index (χ0v) is 17.6. The van der Waals surface area contributed by atoms with Crippen LogP contribution in [0.4, 0.5) is 5.69 Å². The number of aryl methyl sites for hydroxylation is 1. The number of nitrogens with zero attached hydrogens (tertiary/aromatic N) is 4. The lowest BCUT2D eigenvalue weighted by molar-refractivity contribution is -0.113. The molecule has 0 saturated carbocycles. The van der Waals surface area contributed by atoms with Gasteiger partial charge >= 0.3 is 0 Å². The Hall–Kier alpha value is -2.91. The predicted molar refractivity (Wildman–Crippen MR) is 115 cm³/mol. The molecule has 0 spiro atoms. The Labute approximate surface area is 176 Å². The number of nitrogens with one attached hydrogen (secondary N) is 1. The molecule has 0 aliphatic carbocycles. The van der Waals surface area contributed by atoms with Crippen molar-refractivity contribution in [3.63, 3.8) is 0 Å². The molecule has 7 nitrogen and oxygen atoms in total. The average Bonchev–Trinajstić information content (AvgIpc) is 3.30. The van der Waals surface area contributed by atoms with E-state index < -0.39 is 0 Å². The van der Waals surface area contributed by atoms with Crippen molar-refractivity contribution in [2.45, 2.75) is 17.7 Å². The van der Waals surface area contributed by atoms with Crippen LogP contribution in [-0.2, 0) is 11.2 Å². The molecule has 4 aromatic rings. The summed E-state index contributed by atoms with van der Waals surface area (Å²) in [5.74, 6) is 1.79. The number of anilines is 1. The van der Waals surface area contributed by atoms with Crippen LogP contribution >= 0.6 is 23.1 Å². The summed E-state index contributed by atoms with van der Waals surface area (Å²) < 4.78 is 7.72. The zero-order chi connectivity index (χ0) is 20.2. The molecule has 1 N–H and O–H groups in total. The van der Waals surface area contributed by atoms with Gasteiger partial charge in [0.1, 0.15) is 5.75 Å². The summed E-state index contributed by atoms with van der Waals surface area (Å²) in [5.41, 5.74) is 3.04. The number of benzene rings is 2. The first-order valence-corrected chi connectivity index (χ1v) is 10.7. The van der Waals surface area contributed by atoms with Crippen molar-refractivity contribution in [2.24, 2.45) is 0 Å². The van der Waals surface area contributed by atoms with E-state index in [9.17, 15) is 4.79 Å². The van der Waals surface area contributed by atoms with Crippen LogP contribution in [0.15, 0.2) is 52.9 Å². The van der Waals surface area contributed by atoms with E-state index in [1.807, 2.05) is 55.5 Å². The third kappa shape index (κ3) is 4.75. The van der Waals surface area contributed by atoms with E-state index in [1.165, 1.54) is 23.1 Å². The van der Waals surface area contributed by atoms with Crippen molar-refractivity contribution in [1.29, 1.82) is 0 Å². The molecule has 1 amide bonds. The van der Waals surface area contributed by atoms with E-state index in [1.54, 1.807) is 11.6 Å². The summed E-state index contributed by atoms with van der Waals surface area (Å²) in [6.07, 6.45) is 0.618. The fraction of sp³-hybridized carbons (Fsp3) is 0.200. The minimum atomic E-state index is -0.0664. The lowest BCUT2D eigenvalue weighted by atomic mass is 10.1. The molecular weight excluding hydrogens is 406 g/mol. The van der Waals surface area contributed by atoms with Crippen LogP contribution in [0.3, 0.4) is 0 Å². The van der Waals surface area contributed by atoms with Gasteiger partial charge in [-0.2, -0.15) is 4.52 Å². The molecule has 0 fully saturated rings. The van der Waals surface area contributed by atoms with Crippen molar-refractivity contribution in [3.05, 3.63) is 65.5 Å². The Balaban J connectivity index is 1.38. The van der Waals surface area contributed by atoms with Crippen molar-refractivity contribution in [3.8, 4) is 5.75 Å². The molecule has 0 unspecified atom stereocenters. The van der Waals surface area contributed by atoms with Gasteiger partial charge in [0.25, 0.3) is 0 Å². The summed E-state index contributed by atoms with van der Waals surface area (Å²) in [4.78, 5) is 12.9. The van der Waals surface area contributed by atoms with Gasteiger partial charge in [-0.1, -0.05) is 52.9 Å². The Bertz CT molecular complexity index is 1120. The number of aromatic nitrogens is 4. The second-order valence-electron chi connectivity index (χ2n) is 6.41. The lowest BCUT2D eigenvalue weighted by Crippen LogP contribution is -2.13. The maximum atomic E-state index is 12.2. The van der Waals surface area contributed by atoms with Gasteiger partial charge in [0.2, 0.25) is 10.9 Å². The van der Waals surface area contributed by atoms with Gasteiger partial charge in [-0.15, -0.1) is 15.3 Å². The second kappa shape index (κ2) is 8.62. The normalized spacial score (nSPS) is 11.0. The van der Waals surface area contributed by atoms with Crippen LogP contribution in [0, 0.1) is 6.92 Å². The van der Waals surface area contributed by atoms with Crippen molar-refractivity contribution < 1.29 is 9.53 Å². The minimum absolute atomic E-state index is 0.0664. The third-order valence-corrected chi connectivity index (χ3v) is 6.25. The Kier molecular flexibility index (Phi) is 5.77. The largest absolute Gasteiger partial charge is 0.497 e. The number of amides is 1. The highest BCUT2D eigenvalue weighted by Gasteiger charge is 2.14. The van der Waals surface area contributed by atoms with Gasteiger partial charge in [-0.3, -0.25) is 4.79 Å². The number of hydrogen-bond acceptors (Lipinski definition) is 7. The molecule has 2 aromatic heterocycles. The number of carbonyl (C=O) groups excluding carboxylic acids is 1. The van der Waals surface area contributed by atoms with Crippen LogP contribution in [0.5, 0.6) is 5.75 Å². The first kappa shape index (κ1) is 19.4. The molecule has 0 radical (unpaired) electrons. The second-order valence-corrected chi connectivity index (χ2v) is 8.58. The predicted octanol–water partition coefficient (Wildman–Crippen LogP) is 3.82. The molecule has 4 rings (SSSR count). The lowest BCUT2D eigenvalue weighted by Gasteiger charge is -2.04. The van der Waals surface area contributed by atoms with Crippen LogP contribution in [0.25, 0.3) is 4.96 Å². The van der Waals surface area contributed by atoms with E-state index in [4.69, 9.17) is 4.74 Å².